The second-order valence-electron chi connectivity index (χ2n) is 5.30. The van der Waals surface area contributed by atoms with Gasteiger partial charge in [0.25, 0.3) is 0 Å². The number of benzene rings is 2. The first kappa shape index (κ1) is 16.2. The number of carbonyl (C=O) groups excluding carboxylic acids is 1. The molecule has 0 aliphatic carbocycles. The van der Waals surface area contributed by atoms with E-state index in [0.29, 0.717) is 13.0 Å². The zero-order valence-electron chi connectivity index (χ0n) is 12.5. The molecular formula is C18H21FN2O. The summed E-state index contributed by atoms with van der Waals surface area (Å²) in [5.74, 6) is -0.297. The molecule has 0 heterocycles. The Morgan fingerprint density at radius 3 is 2.45 bits per heavy atom. The quantitative estimate of drug-likeness (QED) is 0.826. The van der Waals surface area contributed by atoms with Gasteiger partial charge in [-0.05, 0) is 36.1 Å². The summed E-state index contributed by atoms with van der Waals surface area (Å²) < 4.78 is 12.8. The Bertz CT molecular complexity index is 584. The third-order valence-electron chi connectivity index (χ3n) is 3.53. The summed E-state index contributed by atoms with van der Waals surface area (Å²) in [5, 5.41) is 2.82. The van der Waals surface area contributed by atoms with Gasteiger partial charge in [-0.25, -0.2) is 4.39 Å². The molecule has 0 aliphatic heterocycles. The van der Waals surface area contributed by atoms with E-state index < -0.39 is 0 Å². The molecule has 3 nitrogen and oxygen atoms in total. The van der Waals surface area contributed by atoms with E-state index in [1.807, 2.05) is 18.2 Å². The highest BCUT2D eigenvalue weighted by atomic mass is 19.1. The zero-order chi connectivity index (χ0) is 15.8. The molecule has 0 radical (unpaired) electrons. The molecule has 4 heteroatoms. The molecule has 1 unspecified atom stereocenters. The van der Waals surface area contributed by atoms with E-state index in [1.54, 1.807) is 12.1 Å². The Kier molecular flexibility index (Phi) is 6.10. The number of amides is 1. The Morgan fingerprint density at radius 1 is 1.09 bits per heavy atom. The van der Waals surface area contributed by atoms with Crippen molar-refractivity contribution in [2.24, 2.45) is 5.73 Å². The summed E-state index contributed by atoms with van der Waals surface area (Å²) in [4.78, 5) is 11.8. The van der Waals surface area contributed by atoms with Crippen LogP contribution in [0.3, 0.4) is 0 Å². The van der Waals surface area contributed by atoms with Gasteiger partial charge in [-0.2, -0.15) is 0 Å². The fraction of sp³-hybridized carbons (Fsp3) is 0.278. The van der Waals surface area contributed by atoms with Crippen LogP contribution < -0.4 is 11.1 Å². The van der Waals surface area contributed by atoms with Gasteiger partial charge in [0, 0.05) is 19.0 Å². The first-order valence-corrected chi connectivity index (χ1v) is 7.47. The van der Waals surface area contributed by atoms with Crippen LogP contribution in [0.15, 0.2) is 54.6 Å². The average molecular weight is 300 g/mol. The maximum Gasteiger partial charge on any atom is 0.220 e. The minimum atomic E-state index is -0.321. The molecule has 0 spiro atoms. The average Bonchev–Trinajstić information content (AvgIpc) is 2.54. The summed E-state index contributed by atoms with van der Waals surface area (Å²) in [7, 11) is 0. The maximum absolute atomic E-state index is 12.8. The van der Waals surface area contributed by atoms with Gasteiger partial charge >= 0.3 is 0 Å². The highest BCUT2D eigenvalue weighted by Crippen LogP contribution is 2.10. The second kappa shape index (κ2) is 8.29. The van der Waals surface area contributed by atoms with Gasteiger partial charge in [0.1, 0.15) is 5.82 Å². The highest BCUT2D eigenvalue weighted by Gasteiger charge is 2.08. The Labute approximate surface area is 130 Å². The predicted molar refractivity (Wildman–Crippen MR) is 85.7 cm³/mol. The van der Waals surface area contributed by atoms with Crippen LogP contribution >= 0.6 is 0 Å². The van der Waals surface area contributed by atoms with Crippen LogP contribution in [0.25, 0.3) is 0 Å². The van der Waals surface area contributed by atoms with Crippen molar-refractivity contribution in [3.8, 4) is 0 Å². The lowest BCUT2D eigenvalue weighted by atomic mass is 10.1. The van der Waals surface area contributed by atoms with Gasteiger partial charge in [-0.15, -0.1) is 0 Å². The minimum Gasteiger partial charge on any atom is -0.354 e. The van der Waals surface area contributed by atoms with Gasteiger partial charge in [-0.3, -0.25) is 4.79 Å². The lowest BCUT2D eigenvalue weighted by molar-refractivity contribution is -0.121. The van der Waals surface area contributed by atoms with E-state index in [2.05, 4.69) is 17.4 Å². The largest absolute Gasteiger partial charge is 0.354 e. The van der Waals surface area contributed by atoms with Crippen LogP contribution in [0.1, 0.15) is 30.0 Å². The molecule has 0 fully saturated rings. The molecule has 0 aromatic heterocycles. The number of halogens is 1. The van der Waals surface area contributed by atoms with E-state index in [1.165, 1.54) is 17.7 Å². The number of hydrogen-bond donors (Lipinski definition) is 2. The topological polar surface area (TPSA) is 55.1 Å². The first-order chi connectivity index (χ1) is 10.6. The van der Waals surface area contributed by atoms with Gasteiger partial charge in [0.05, 0.1) is 0 Å². The van der Waals surface area contributed by atoms with Gasteiger partial charge in [0.15, 0.2) is 0 Å². The number of nitrogens with one attached hydrogen (secondary N) is 1. The van der Waals surface area contributed by atoms with E-state index in [0.717, 1.165) is 18.4 Å². The van der Waals surface area contributed by atoms with Crippen molar-refractivity contribution >= 4 is 5.91 Å². The second-order valence-corrected chi connectivity index (χ2v) is 5.30. The summed E-state index contributed by atoms with van der Waals surface area (Å²) in [6.07, 6.45) is 2.17. The van der Waals surface area contributed by atoms with Crippen molar-refractivity contribution in [2.45, 2.75) is 25.3 Å². The molecule has 1 amide bonds. The third-order valence-corrected chi connectivity index (χ3v) is 3.53. The lowest BCUT2D eigenvalue weighted by Crippen LogP contribution is -2.31. The number of hydrogen-bond acceptors (Lipinski definition) is 2. The van der Waals surface area contributed by atoms with Crippen molar-refractivity contribution < 1.29 is 9.18 Å². The van der Waals surface area contributed by atoms with E-state index in [4.69, 9.17) is 5.73 Å². The molecule has 22 heavy (non-hydrogen) atoms. The predicted octanol–water partition coefficient (Wildman–Crippen LogP) is 2.96. The van der Waals surface area contributed by atoms with Crippen molar-refractivity contribution in [1.29, 1.82) is 0 Å². The monoisotopic (exact) mass is 300 g/mol. The minimum absolute atomic E-state index is 0.00603. The summed E-state index contributed by atoms with van der Waals surface area (Å²) in [6.45, 7) is 0.357. The van der Waals surface area contributed by atoms with Crippen LogP contribution in [-0.2, 0) is 11.2 Å². The standard InChI is InChI=1S/C18H21FN2O/c19-16-11-9-15(10-12-16)17(20)13-21-18(22)8-4-7-14-5-2-1-3-6-14/h1-3,5-6,9-12,17H,4,7-8,13,20H2,(H,21,22). The normalized spacial score (nSPS) is 11.9. The molecule has 2 rings (SSSR count). The highest BCUT2D eigenvalue weighted by molar-refractivity contribution is 5.75. The fourth-order valence-corrected chi connectivity index (χ4v) is 2.24. The number of nitrogens with two attached hydrogens (primary N) is 1. The van der Waals surface area contributed by atoms with Gasteiger partial charge in [0.2, 0.25) is 5.91 Å². The maximum atomic E-state index is 12.8. The molecule has 0 bridgehead atoms. The smallest absolute Gasteiger partial charge is 0.220 e. The summed E-state index contributed by atoms with van der Waals surface area (Å²) in [5.41, 5.74) is 8.02. The van der Waals surface area contributed by atoms with Crippen LogP contribution in [0.4, 0.5) is 4.39 Å². The van der Waals surface area contributed by atoms with E-state index in [-0.39, 0.29) is 17.8 Å². The van der Waals surface area contributed by atoms with Gasteiger partial charge < -0.3 is 11.1 Å². The molecule has 116 valence electrons. The Morgan fingerprint density at radius 2 is 1.77 bits per heavy atom. The first-order valence-electron chi connectivity index (χ1n) is 7.47. The van der Waals surface area contributed by atoms with Gasteiger partial charge in [-0.1, -0.05) is 42.5 Å². The van der Waals surface area contributed by atoms with Crippen LogP contribution in [0.2, 0.25) is 0 Å². The zero-order valence-corrected chi connectivity index (χ0v) is 12.5. The third kappa shape index (κ3) is 5.30. The molecule has 2 aromatic rings. The fourth-order valence-electron chi connectivity index (χ4n) is 2.24. The molecule has 0 saturated heterocycles. The van der Waals surface area contributed by atoms with Crippen LogP contribution in [0, 0.1) is 5.82 Å². The SMILES string of the molecule is NC(CNC(=O)CCCc1ccccc1)c1ccc(F)cc1. The Hall–Kier alpha value is -2.20. The molecular weight excluding hydrogens is 279 g/mol. The lowest BCUT2D eigenvalue weighted by Gasteiger charge is -2.13. The molecule has 2 aromatic carbocycles. The van der Waals surface area contributed by atoms with Crippen molar-refractivity contribution in [3.05, 3.63) is 71.5 Å². The number of carbonyl (C=O) groups is 1. The summed E-state index contributed by atoms with van der Waals surface area (Å²) >= 11 is 0. The van der Waals surface area contributed by atoms with Crippen molar-refractivity contribution in [1.82, 2.24) is 5.32 Å². The molecule has 3 N–H and O–H groups in total. The number of rotatable bonds is 7. The Balaban J connectivity index is 1.68. The van der Waals surface area contributed by atoms with E-state index in [9.17, 15) is 9.18 Å². The molecule has 0 aliphatic rings. The van der Waals surface area contributed by atoms with Crippen molar-refractivity contribution in [2.75, 3.05) is 6.54 Å². The van der Waals surface area contributed by atoms with Crippen LogP contribution in [-0.4, -0.2) is 12.5 Å². The molecule has 1 atom stereocenters. The van der Waals surface area contributed by atoms with Crippen LogP contribution in [0.5, 0.6) is 0 Å². The molecule has 0 saturated carbocycles. The summed E-state index contributed by atoms with van der Waals surface area (Å²) in [6, 6.07) is 15.8. The number of aryl methyl sites for hydroxylation is 1. The van der Waals surface area contributed by atoms with Crippen molar-refractivity contribution in [3.63, 3.8) is 0 Å². The van der Waals surface area contributed by atoms with E-state index >= 15 is 0 Å².